The normalized spacial score (nSPS) is 26.0. The molecule has 0 spiro atoms. The average Bonchev–Trinajstić information content (AvgIpc) is 2.57. The molecule has 5 heteroatoms. The van der Waals surface area contributed by atoms with Crippen molar-refractivity contribution in [2.75, 3.05) is 11.6 Å². The van der Waals surface area contributed by atoms with Gasteiger partial charge in [-0.1, -0.05) is 18.2 Å². The molecule has 3 nitrogen and oxygen atoms in total. The van der Waals surface area contributed by atoms with Crippen molar-refractivity contribution in [3.05, 3.63) is 30.3 Å². The minimum absolute atomic E-state index is 0.135. The second-order valence-corrected chi connectivity index (χ2v) is 4.68. The molecular weight excluding hydrogens is 232 g/mol. The number of para-hydroxylation sites is 1. The number of benzene rings is 1. The summed E-state index contributed by atoms with van der Waals surface area (Å²) in [6.45, 7) is 0. The maximum absolute atomic E-state index is 10.3. The summed E-state index contributed by atoms with van der Waals surface area (Å²) in [5, 5.41) is 10.8. The molecule has 1 atom stereocenters. The molecule has 0 fully saturated rings. The van der Waals surface area contributed by atoms with Gasteiger partial charge in [-0.15, -0.1) is 11.6 Å². The van der Waals surface area contributed by atoms with E-state index in [-0.39, 0.29) is 5.88 Å². The van der Waals surface area contributed by atoms with E-state index in [2.05, 4.69) is 0 Å². The summed E-state index contributed by atoms with van der Waals surface area (Å²) in [6, 6.07) is 9.52. The summed E-state index contributed by atoms with van der Waals surface area (Å²) in [6.07, 6.45) is 0. The maximum Gasteiger partial charge on any atom is 0.311 e. The molecule has 0 saturated heterocycles. The van der Waals surface area contributed by atoms with Crippen molar-refractivity contribution in [3.8, 4) is 0 Å². The largest absolute Gasteiger partial charge is 0.351 e. The molecule has 0 aromatic heterocycles. The number of hydrogen-bond acceptors (Lipinski definition) is 3. The highest BCUT2D eigenvalue weighted by molar-refractivity contribution is 8.13. The molecule has 15 heavy (non-hydrogen) atoms. The lowest BCUT2D eigenvalue weighted by atomic mass is 10.2. The van der Waals surface area contributed by atoms with Crippen LogP contribution in [-0.2, 0) is 0 Å². The monoisotopic (exact) mass is 243 g/mol. The Hall–Kier alpha value is -0.710. The van der Waals surface area contributed by atoms with Gasteiger partial charge in [0.1, 0.15) is 5.69 Å². The van der Waals surface area contributed by atoms with Gasteiger partial charge in [0.2, 0.25) is 5.72 Å². The third kappa shape index (κ3) is 1.85. The van der Waals surface area contributed by atoms with Gasteiger partial charge >= 0.3 is 5.17 Å². The van der Waals surface area contributed by atoms with Crippen molar-refractivity contribution in [1.29, 1.82) is 0 Å². The van der Waals surface area contributed by atoms with Crippen molar-refractivity contribution in [2.45, 2.75) is 5.72 Å². The maximum atomic E-state index is 10.3. The number of alkyl halides is 1. The molecule has 3 N–H and O–H groups in total. The van der Waals surface area contributed by atoms with Gasteiger partial charge in [-0.25, -0.2) is 0 Å². The molecule has 1 aromatic carbocycles. The standard InChI is InChI=1S/C10H11ClN2OS/c11-6-10(14)7-15-9(12)13(10)8-4-2-1-3-5-8/h1-5,12,14H,6-7H2/p+1/t10-/m0/s1. The fourth-order valence-electron chi connectivity index (χ4n) is 1.57. The first-order valence-electron chi connectivity index (χ1n) is 4.56. The van der Waals surface area contributed by atoms with Crippen molar-refractivity contribution in [3.63, 3.8) is 0 Å². The Morgan fingerprint density at radius 2 is 2.13 bits per heavy atom. The number of rotatable bonds is 2. The Kier molecular flexibility index (Phi) is 2.91. The van der Waals surface area contributed by atoms with Gasteiger partial charge < -0.3 is 5.11 Å². The summed E-state index contributed by atoms with van der Waals surface area (Å²) in [7, 11) is 0. The van der Waals surface area contributed by atoms with E-state index in [1.807, 2.05) is 30.3 Å². The second kappa shape index (κ2) is 4.04. The molecule has 0 bridgehead atoms. The summed E-state index contributed by atoms with van der Waals surface area (Å²) < 4.78 is 1.69. The zero-order valence-corrected chi connectivity index (χ0v) is 9.63. The van der Waals surface area contributed by atoms with Crippen LogP contribution < -0.4 is 5.73 Å². The second-order valence-electron chi connectivity index (χ2n) is 3.41. The predicted octanol–water partition coefficient (Wildman–Crippen LogP) is 1.32. The van der Waals surface area contributed by atoms with Crippen LogP contribution in [0.3, 0.4) is 0 Å². The lowest BCUT2D eigenvalue weighted by molar-refractivity contribution is -0.574. The van der Waals surface area contributed by atoms with Crippen LogP contribution in [0, 0.1) is 0 Å². The molecule has 0 radical (unpaired) electrons. The van der Waals surface area contributed by atoms with E-state index in [0.29, 0.717) is 10.9 Å². The van der Waals surface area contributed by atoms with E-state index in [0.717, 1.165) is 5.69 Å². The lowest BCUT2D eigenvalue weighted by Crippen LogP contribution is -2.42. The zero-order valence-electron chi connectivity index (χ0n) is 8.06. The fraction of sp³-hybridized carbons (Fsp3) is 0.300. The third-order valence-electron chi connectivity index (χ3n) is 2.32. The average molecular weight is 244 g/mol. The Morgan fingerprint density at radius 1 is 1.47 bits per heavy atom. The van der Waals surface area contributed by atoms with Crippen molar-refractivity contribution in [1.82, 2.24) is 0 Å². The Balaban J connectivity index is 2.47. The Morgan fingerprint density at radius 3 is 2.73 bits per heavy atom. The van der Waals surface area contributed by atoms with Crippen LogP contribution in [0.2, 0.25) is 0 Å². The highest BCUT2D eigenvalue weighted by atomic mass is 35.5. The first kappa shape index (κ1) is 10.8. The number of aliphatic hydroxyl groups is 1. The summed E-state index contributed by atoms with van der Waals surface area (Å²) in [4.78, 5) is 0. The molecule has 0 unspecified atom stereocenters. The molecule has 1 aliphatic heterocycles. The van der Waals surface area contributed by atoms with Crippen LogP contribution in [0.25, 0.3) is 0 Å². The topological polar surface area (TPSA) is 49.3 Å². The van der Waals surface area contributed by atoms with Crippen LogP contribution in [0.5, 0.6) is 0 Å². The third-order valence-corrected chi connectivity index (χ3v) is 3.83. The molecule has 2 rings (SSSR count). The predicted molar refractivity (Wildman–Crippen MR) is 63.7 cm³/mol. The quantitative estimate of drug-likeness (QED) is 0.609. The van der Waals surface area contributed by atoms with Crippen molar-refractivity contribution < 1.29 is 9.68 Å². The molecule has 0 amide bonds. The van der Waals surface area contributed by atoms with Crippen LogP contribution >= 0.6 is 23.4 Å². The van der Waals surface area contributed by atoms with E-state index in [1.54, 1.807) is 4.58 Å². The van der Waals surface area contributed by atoms with Crippen LogP contribution in [0.1, 0.15) is 0 Å². The SMILES string of the molecule is NC1=[N+](c2ccccc2)[C@](O)(CCl)CS1. The van der Waals surface area contributed by atoms with Crippen LogP contribution in [0.4, 0.5) is 5.69 Å². The molecule has 1 aliphatic rings. The molecule has 0 aliphatic carbocycles. The molecule has 1 aromatic rings. The van der Waals surface area contributed by atoms with Gasteiger partial charge in [-0.05, 0) is 23.9 Å². The molecule has 80 valence electrons. The molecular formula is C10H12ClN2OS+. The summed E-state index contributed by atoms with van der Waals surface area (Å²) in [5.74, 6) is 0.632. The number of amidine groups is 1. The van der Waals surface area contributed by atoms with Gasteiger partial charge in [0.25, 0.3) is 0 Å². The van der Waals surface area contributed by atoms with Crippen LogP contribution in [0.15, 0.2) is 30.3 Å². The van der Waals surface area contributed by atoms with Gasteiger partial charge in [0.05, 0.1) is 11.6 Å². The molecule has 0 saturated carbocycles. The van der Waals surface area contributed by atoms with E-state index in [4.69, 9.17) is 17.3 Å². The highest BCUT2D eigenvalue weighted by Gasteiger charge is 2.44. The zero-order chi connectivity index (χ0) is 10.9. The summed E-state index contributed by atoms with van der Waals surface area (Å²) in [5.41, 5.74) is 5.64. The minimum Gasteiger partial charge on any atom is -0.351 e. The fourth-order valence-corrected chi connectivity index (χ4v) is 2.91. The van der Waals surface area contributed by atoms with E-state index in [9.17, 15) is 5.11 Å². The van der Waals surface area contributed by atoms with E-state index >= 15 is 0 Å². The van der Waals surface area contributed by atoms with Gasteiger partial charge in [-0.3, -0.25) is 5.73 Å². The van der Waals surface area contributed by atoms with Gasteiger partial charge in [-0.2, -0.15) is 4.58 Å². The number of nitrogens with two attached hydrogens (primary N) is 1. The Labute approximate surface area is 97.6 Å². The van der Waals surface area contributed by atoms with Crippen molar-refractivity contribution >= 4 is 34.2 Å². The first-order chi connectivity index (χ1) is 7.17. The number of thioether (sulfide) groups is 1. The highest BCUT2D eigenvalue weighted by Crippen LogP contribution is 2.31. The van der Waals surface area contributed by atoms with Gasteiger partial charge in [0.15, 0.2) is 0 Å². The van der Waals surface area contributed by atoms with Gasteiger partial charge in [0, 0.05) is 0 Å². The minimum atomic E-state index is -1.07. The Bertz CT molecular complexity index is 396. The molecule has 1 heterocycles. The van der Waals surface area contributed by atoms with E-state index in [1.165, 1.54) is 11.8 Å². The first-order valence-corrected chi connectivity index (χ1v) is 6.08. The van der Waals surface area contributed by atoms with Crippen molar-refractivity contribution in [2.24, 2.45) is 5.73 Å². The summed E-state index contributed by atoms with van der Waals surface area (Å²) >= 11 is 7.20. The van der Waals surface area contributed by atoms with E-state index < -0.39 is 5.72 Å². The number of halogens is 1. The van der Waals surface area contributed by atoms with Crippen LogP contribution in [-0.4, -0.2) is 32.2 Å². The smallest absolute Gasteiger partial charge is 0.311 e. The lowest BCUT2D eigenvalue weighted by Gasteiger charge is -2.20. The number of hydrogen-bond donors (Lipinski definition) is 2. The number of nitrogens with zero attached hydrogens (tertiary/aromatic N) is 1.